The highest BCUT2D eigenvalue weighted by atomic mass is 32.1. The van der Waals surface area contributed by atoms with E-state index in [4.69, 9.17) is 10.00 Å². The van der Waals surface area contributed by atoms with Crippen molar-refractivity contribution in [3.05, 3.63) is 62.4 Å². The highest BCUT2D eigenvalue weighted by Gasteiger charge is 2.23. The van der Waals surface area contributed by atoms with Crippen LogP contribution in [0, 0.1) is 25.2 Å². The Kier molecular flexibility index (Phi) is 5.97. The van der Waals surface area contributed by atoms with E-state index < -0.39 is 18.0 Å². The predicted octanol–water partition coefficient (Wildman–Crippen LogP) is 4.33. The Labute approximate surface area is 171 Å². The summed E-state index contributed by atoms with van der Waals surface area (Å²) in [6.45, 7) is 6.01. The lowest BCUT2D eigenvalue weighted by atomic mass is 10.2. The molecule has 8 heteroatoms. The standard InChI is InChI=1S/C20H19N3O3S2/c1-12-9-17(13(2)23(12)11-16-5-4-7-27-16)20(25)26-14(3)18(24)22-19-15(10-21)6-8-28-19/h4-9,14H,11H2,1-3H3,(H,22,24)/t14-/m1/s1. The van der Waals surface area contributed by atoms with Gasteiger partial charge >= 0.3 is 5.97 Å². The fraction of sp³-hybridized carbons (Fsp3) is 0.250. The number of thiophene rings is 2. The van der Waals surface area contributed by atoms with E-state index in [9.17, 15) is 9.59 Å². The van der Waals surface area contributed by atoms with Gasteiger partial charge in [-0.15, -0.1) is 22.7 Å². The SMILES string of the molecule is Cc1cc(C(=O)O[C@H](C)C(=O)Nc2sccc2C#N)c(C)n1Cc1cccs1. The smallest absolute Gasteiger partial charge is 0.340 e. The first-order chi connectivity index (χ1) is 13.4. The third-order valence-corrected chi connectivity index (χ3v) is 6.05. The van der Waals surface area contributed by atoms with E-state index in [-0.39, 0.29) is 0 Å². The van der Waals surface area contributed by atoms with E-state index in [1.807, 2.05) is 37.4 Å². The normalized spacial score (nSPS) is 11.6. The van der Waals surface area contributed by atoms with Gasteiger partial charge in [0.05, 0.1) is 17.7 Å². The van der Waals surface area contributed by atoms with E-state index in [2.05, 4.69) is 9.88 Å². The molecule has 0 fully saturated rings. The van der Waals surface area contributed by atoms with Gasteiger partial charge in [-0.25, -0.2) is 4.79 Å². The second kappa shape index (κ2) is 8.42. The zero-order valence-corrected chi connectivity index (χ0v) is 17.3. The number of hydrogen-bond acceptors (Lipinski definition) is 6. The van der Waals surface area contributed by atoms with Crippen LogP contribution < -0.4 is 5.32 Å². The number of hydrogen-bond donors (Lipinski definition) is 1. The number of aromatic nitrogens is 1. The molecule has 3 heterocycles. The van der Waals surface area contributed by atoms with Crippen LogP contribution >= 0.6 is 22.7 Å². The van der Waals surface area contributed by atoms with Crippen LogP contribution in [0.2, 0.25) is 0 Å². The minimum Gasteiger partial charge on any atom is -0.449 e. The third-order valence-electron chi connectivity index (χ3n) is 4.36. The maximum Gasteiger partial charge on any atom is 0.340 e. The average molecular weight is 414 g/mol. The molecule has 3 aromatic heterocycles. The number of nitrogens with one attached hydrogen (secondary N) is 1. The molecule has 144 valence electrons. The summed E-state index contributed by atoms with van der Waals surface area (Å²) in [4.78, 5) is 26.1. The van der Waals surface area contributed by atoms with Crippen LogP contribution in [-0.4, -0.2) is 22.5 Å². The van der Waals surface area contributed by atoms with E-state index in [0.717, 1.165) is 11.4 Å². The Balaban J connectivity index is 1.69. The van der Waals surface area contributed by atoms with Crippen LogP contribution in [0.25, 0.3) is 0 Å². The summed E-state index contributed by atoms with van der Waals surface area (Å²) in [6, 6.07) is 9.46. The minimum absolute atomic E-state index is 0.383. The average Bonchev–Trinajstić information content (AvgIpc) is 3.39. The van der Waals surface area contributed by atoms with Gasteiger partial charge in [0.2, 0.25) is 0 Å². The summed E-state index contributed by atoms with van der Waals surface area (Å²) in [7, 11) is 0. The zero-order valence-electron chi connectivity index (χ0n) is 15.7. The zero-order chi connectivity index (χ0) is 20.3. The van der Waals surface area contributed by atoms with Crippen molar-refractivity contribution >= 4 is 39.6 Å². The molecule has 0 unspecified atom stereocenters. The van der Waals surface area contributed by atoms with Gasteiger partial charge in [0.1, 0.15) is 11.1 Å². The number of nitriles is 1. The summed E-state index contributed by atoms with van der Waals surface area (Å²) >= 11 is 2.91. The molecule has 3 aromatic rings. The fourth-order valence-electron chi connectivity index (χ4n) is 2.79. The number of carbonyl (C=O) groups is 2. The van der Waals surface area contributed by atoms with Crippen molar-refractivity contribution in [2.45, 2.75) is 33.4 Å². The molecule has 1 N–H and O–H groups in total. The van der Waals surface area contributed by atoms with Gasteiger partial charge in [0.25, 0.3) is 5.91 Å². The molecule has 6 nitrogen and oxygen atoms in total. The first-order valence-electron chi connectivity index (χ1n) is 8.59. The van der Waals surface area contributed by atoms with E-state index >= 15 is 0 Å². The molecule has 0 bridgehead atoms. The molecule has 0 saturated carbocycles. The topological polar surface area (TPSA) is 84.1 Å². The molecular weight excluding hydrogens is 394 g/mol. The molecule has 0 aliphatic heterocycles. The van der Waals surface area contributed by atoms with Gasteiger partial charge in [-0.3, -0.25) is 4.79 Å². The van der Waals surface area contributed by atoms with Crippen LogP contribution in [0.5, 0.6) is 0 Å². The monoisotopic (exact) mass is 413 g/mol. The number of carbonyl (C=O) groups excluding carboxylic acids is 2. The molecule has 1 amide bonds. The van der Waals surface area contributed by atoms with E-state index in [0.29, 0.717) is 22.7 Å². The van der Waals surface area contributed by atoms with Gasteiger partial charge in [-0.05, 0) is 49.7 Å². The Morgan fingerprint density at radius 3 is 2.75 bits per heavy atom. The molecule has 28 heavy (non-hydrogen) atoms. The number of esters is 1. The number of ether oxygens (including phenoxy) is 1. The van der Waals surface area contributed by atoms with Crippen LogP contribution in [0.4, 0.5) is 5.00 Å². The molecule has 0 aliphatic rings. The van der Waals surface area contributed by atoms with Crippen molar-refractivity contribution in [3.63, 3.8) is 0 Å². The quantitative estimate of drug-likeness (QED) is 0.610. The van der Waals surface area contributed by atoms with Crippen molar-refractivity contribution in [1.29, 1.82) is 5.26 Å². The van der Waals surface area contributed by atoms with Crippen molar-refractivity contribution in [2.24, 2.45) is 0 Å². The highest BCUT2D eigenvalue weighted by Crippen LogP contribution is 2.23. The number of rotatable bonds is 6. The summed E-state index contributed by atoms with van der Waals surface area (Å²) in [6.07, 6.45) is -0.985. The predicted molar refractivity (Wildman–Crippen MR) is 110 cm³/mol. The highest BCUT2D eigenvalue weighted by molar-refractivity contribution is 7.14. The Morgan fingerprint density at radius 2 is 2.07 bits per heavy atom. The Bertz CT molecular complexity index is 1040. The van der Waals surface area contributed by atoms with Crippen molar-refractivity contribution < 1.29 is 14.3 Å². The molecule has 0 aliphatic carbocycles. The molecule has 0 radical (unpaired) electrons. The Morgan fingerprint density at radius 1 is 1.29 bits per heavy atom. The molecule has 0 spiro atoms. The maximum absolute atomic E-state index is 12.6. The summed E-state index contributed by atoms with van der Waals surface area (Å²) in [5.41, 5.74) is 2.58. The lowest BCUT2D eigenvalue weighted by Crippen LogP contribution is -2.30. The van der Waals surface area contributed by atoms with Crippen molar-refractivity contribution in [2.75, 3.05) is 5.32 Å². The van der Waals surface area contributed by atoms with Gasteiger partial charge < -0.3 is 14.6 Å². The number of anilines is 1. The van der Waals surface area contributed by atoms with Gasteiger partial charge in [-0.2, -0.15) is 5.26 Å². The number of amides is 1. The Hall–Kier alpha value is -2.89. The fourth-order valence-corrected chi connectivity index (χ4v) is 4.23. The molecular formula is C20H19N3O3S2. The molecule has 0 saturated heterocycles. The minimum atomic E-state index is -0.985. The second-order valence-corrected chi connectivity index (χ2v) is 8.21. The van der Waals surface area contributed by atoms with Crippen LogP contribution in [0.3, 0.4) is 0 Å². The van der Waals surface area contributed by atoms with Crippen molar-refractivity contribution in [1.82, 2.24) is 4.57 Å². The summed E-state index contributed by atoms with van der Waals surface area (Å²) < 4.78 is 7.42. The lowest BCUT2D eigenvalue weighted by Gasteiger charge is -2.13. The van der Waals surface area contributed by atoms with E-state index in [1.54, 1.807) is 28.8 Å². The first-order valence-corrected chi connectivity index (χ1v) is 10.3. The largest absolute Gasteiger partial charge is 0.449 e. The van der Waals surface area contributed by atoms with Gasteiger partial charge in [-0.1, -0.05) is 6.07 Å². The number of nitrogens with zero attached hydrogens (tertiary/aromatic N) is 2. The number of aryl methyl sites for hydroxylation is 1. The molecule has 0 aromatic carbocycles. The van der Waals surface area contributed by atoms with Crippen LogP contribution in [0.1, 0.15) is 39.1 Å². The first kappa shape index (κ1) is 19.9. The van der Waals surface area contributed by atoms with Gasteiger partial charge in [0, 0.05) is 16.3 Å². The molecule has 1 atom stereocenters. The van der Waals surface area contributed by atoms with Gasteiger partial charge in [0.15, 0.2) is 6.10 Å². The maximum atomic E-state index is 12.6. The summed E-state index contributed by atoms with van der Waals surface area (Å²) in [5, 5.41) is 15.8. The van der Waals surface area contributed by atoms with Crippen LogP contribution in [-0.2, 0) is 16.1 Å². The second-order valence-electron chi connectivity index (χ2n) is 6.26. The lowest BCUT2D eigenvalue weighted by molar-refractivity contribution is -0.123. The summed E-state index contributed by atoms with van der Waals surface area (Å²) in [5.74, 6) is -1.01. The van der Waals surface area contributed by atoms with Crippen LogP contribution in [0.15, 0.2) is 35.0 Å². The third kappa shape index (κ3) is 4.16. The van der Waals surface area contributed by atoms with Crippen molar-refractivity contribution in [3.8, 4) is 6.07 Å². The molecule has 3 rings (SSSR count). The van der Waals surface area contributed by atoms with E-state index in [1.165, 1.54) is 23.1 Å².